The quantitative estimate of drug-likeness (QED) is 0.297. The molecule has 2 unspecified atom stereocenters. The molecule has 1 heterocycles. The first-order valence-corrected chi connectivity index (χ1v) is 12.1. The topological polar surface area (TPSA) is 45.0 Å². The first-order valence-electron chi connectivity index (χ1n) is 10.0. The summed E-state index contributed by atoms with van der Waals surface area (Å²) < 4.78 is 17.7. The van der Waals surface area contributed by atoms with E-state index >= 15 is 0 Å². The van der Waals surface area contributed by atoms with E-state index in [1.54, 1.807) is 24.3 Å². The Morgan fingerprint density at radius 3 is 2.35 bits per heavy atom. The normalized spacial score (nSPS) is 18.5. The molecule has 0 saturated carbocycles. The predicted octanol–water partition coefficient (Wildman–Crippen LogP) is 5.56. The monoisotopic (exact) mass is 449 g/mol. The summed E-state index contributed by atoms with van der Waals surface area (Å²) in [5, 5.41) is 7.29. The zero-order valence-electron chi connectivity index (χ0n) is 17.5. The summed E-state index contributed by atoms with van der Waals surface area (Å²) in [7, 11) is -2.87. The van der Waals surface area contributed by atoms with Crippen molar-refractivity contribution >= 4 is 38.7 Å². The van der Waals surface area contributed by atoms with Crippen molar-refractivity contribution in [3.63, 3.8) is 0 Å². The molecule has 0 N–H and O–H groups in total. The van der Waals surface area contributed by atoms with Gasteiger partial charge in [-0.1, -0.05) is 71.8 Å². The molecule has 6 heteroatoms. The molecule has 0 bridgehead atoms. The van der Waals surface area contributed by atoms with Crippen molar-refractivity contribution in [3.05, 3.63) is 101 Å². The molecule has 4 nitrogen and oxygen atoms in total. The van der Waals surface area contributed by atoms with E-state index in [2.05, 4.69) is 53.6 Å². The predicted molar refractivity (Wildman–Crippen MR) is 132 cm³/mol. The lowest BCUT2D eigenvalue weighted by atomic mass is 9.90. The first kappa shape index (κ1) is 21.3. The maximum absolute atomic E-state index is 13.2. The minimum atomic E-state index is -2.87. The smallest absolute Gasteiger partial charge is 0.132 e. The Morgan fingerprint density at radius 2 is 1.71 bits per heavy atom. The third-order valence-corrected chi connectivity index (χ3v) is 7.12. The number of amidine groups is 1. The van der Waals surface area contributed by atoms with E-state index in [1.807, 2.05) is 30.1 Å². The standard InChI is InChI=1S/C25H24ClN3OS/c1-18-9-11-21(12-10-18)25-24(20-7-5-4-6-8-20)17-29(27-25)19(2)28-31(3,30)23-15-13-22(26)14-16-23/h4-16,24H,3,17H2,1-2H3/b28-19+. The van der Waals surface area contributed by atoms with Crippen LogP contribution in [0.25, 0.3) is 0 Å². The molecule has 0 saturated heterocycles. The molecule has 1 aliphatic heterocycles. The van der Waals surface area contributed by atoms with Crippen molar-refractivity contribution in [3.8, 4) is 0 Å². The molecule has 4 rings (SSSR count). The molecule has 2 atom stereocenters. The number of hydrogen-bond donors (Lipinski definition) is 0. The molecule has 0 aromatic heterocycles. The van der Waals surface area contributed by atoms with Gasteiger partial charge in [-0.3, -0.25) is 0 Å². The molecular weight excluding hydrogens is 426 g/mol. The Kier molecular flexibility index (Phi) is 5.99. The van der Waals surface area contributed by atoms with Crippen LogP contribution < -0.4 is 0 Å². The highest BCUT2D eigenvalue weighted by Gasteiger charge is 2.30. The molecule has 0 fully saturated rings. The number of rotatable bonds is 4. The highest BCUT2D eigenvalue weighted by molar-refractivity contribution is 7.99. The second-order valence-electron chi connectivity index (χ2n) is 7.63. The van der Waals surface area contributed by atoms with Gasteiger partial charge in [-0.05, 0) is 55.1 Å². The number of aryl methyl sites for hydroxylation is 1. The van der Waals surface area contributed by atoms with Crippen LogP contribution in [0, 0.1) is 6.92 Å². The Balaban J connectivity index is 1.70. The summed E-state index contributed by atoms with van der Waals surface area (Å²) in [5.74, 6) is 4.52. The van der Waals surface area contributed by atoms with Crippen molar-refractivity contribution in [1.29, 1.82) is 0 Å². The second kappa shape index (κ2) is 8.69. The van der Waals surface area contributed by atoms with Gasteiger partial charge >= 0.3 is 0 Å². The zero-order chi connectivity index (χ0) is 22.0. The van der Waals surface area contributed by atoms with E-state index in [1.165, 1.54) is 11.1 Å². The fourth-order valence-corrected chi connectivity index (χ4v) is 4.91. The Morgan fingerprint density at radius 1 is 1.06 bits per heavy atom. The number of nitrogens with zero attached hydrogens (tertiary/aromatic N) is 3. The maximum atomic E-state index is 13.2. The lowest BCUT2D eigenvalue weighted by Gasteiger charge is -2.17. The highest BCUT2D eigenvalue weighted by Crippen LogP contribution is 2.29. The van der Waals surface area contributed by atoms with Gasteiger partial charge in [0.2, 0.25) is 0 Å². The lowest BCUT2D eigenvalue weighted by Crippen LogP contribution is -2.24. The fraction of sp³-hybridized carbons (Fsp3) is 0.160. The summed E-state index contributed by atoms with van der Waals surface area (Å²) >= 11 is 5.95. The van der Waals surface area contributed by atoms with Crippen molar-refractivity contribution in [2.75, 3.05) is 6.54 Å². The van der Waals surface area contributed by atoms with E-state index in [0.717, 1.165) is 11.3 Å². The van der Waals surface area contributed by atoms with Gasteiger partial charge in [-0.15, -0.1) is 0 Å². The van der Waals surface area contributed by atoms with Crippen LogP contribution >= 0.6 is 11.6 Å². The van der Waals surface area contributed by atoms with Crippen LogP contribution in [0.3, 0.4) is 0 Å². The molecule has 0 amide bonds. The van der Waals surface area contributed by atoms with Crippen molar-refractivity contribution in [2.45, 2.75) is 24.7 Å². The van der Waals surface area contributed by atoms with Crippen molar-refractivity contribution in [2.24, 2.45) is 9.50 Å². The lowest BCUT2D eigenvalue weighted by molar-refractivity contribution is 0.473. The first-order chi connectivity index (χ1) is 14.8. The van der Waals surface area contributed by atoms with Gasteiger partial charge in [0.15, 0.2) is 0 Å². The number of hydrazone groups is 1. The molecule has 158 valence electrons. The minimum absolute atomic E-state index is 0.0884. The molecule has 3 aromatic rings. The molecule has 3 aromatic carbocycles. The summed E-state index contributed by atoms with van der Waals surface area (Å²) in [6, 6.07) is 25.5. The Labute approximate surface area is 189 Å². The molecule has 1 aliphatic rings. The minimum Gasteiger partial charge on any atom is -0.250 e. The zero-order valence-corrected chi connectivity index (χ0v) is 19.1. The van der Waals surface area contributed by atoms with Crippen LogP contribution in [0.2, 0.25) is 5.02 Å². The molecular formula is C25H24ClN3OS. The SMILES string of the molecule is C=S(=O)(/N=C(\C)N1CC(c2ccccc2)C(c2ccc(C)cc2)=N1)c1ccc(Cl)cc1. The summed E-state index contributed by atoms with van der Waals surface area (Å²) in [6.45, 7) is 4.52. The van der Waals surface area contributed by atoms with Gasteiger partial charge in [-0.25, -0.2) is 9.22 Å². The van der Waals surface area contributed by atoms with Crippen LogP contribution in [0.1, 0.15) is 29.5 Å². The number of hydrogen-bond acceptors (Lipinski definition) is 2. The van der Waals surface area contributed by atoms with Gasteiger partial charge in [0.25, 0.3) is 0 Å². The van der Waals surface area contributed by atoms with E-state index in [0.29, 0.717) is 22.3 Å². The third kappa shape index (κ3) is 4.73. The van der Waals surface area contributed by atoms with Gasteiger partial charge in [0, 0.05) is 10.9 Å². The Bertz CT molecular complexity index is 1230. The summed E-state index contributed by atoms with van der Waals surface area (Å²) in [4.78, 5) is 0.540. The van der Waals surface area contributed by atoms with Crippen molar-refractivity contribution in [1.82, 2.24) is 5.01 Å². The Hall–Kier alpha value is -2.89. The third-order valence-electron chi connectivity index (χ3n) is 5.30. The van der Waals surface area contributed by atoms with Crippen LogP contribution in [0.5, 0.6) is 0 Å². The molecule has 31 heavy (non-hydrogen) atoms. The van der Waals surface area contributed by atoms with Gasteiger partial charge < -0.3 is 0 Å². The van der Waals surface area contributed by atoms with Crippen LogP contribution in [0.15, 0.2) is 93.3 Å². The number of halogens is 1. The van der Waals surface area contributed by atoms with E-state index in [4.69, 9.17) is 16.7 Å². The second-order valence-corrected chi connectivity index (χ2v) is 10.0. The number of benzene rings is 3. The summed E-state index contributed by atoms with van der Waals surface area (Å²) in [6.07, 6.45) is 0. The van der Waals surface area contributed by atoms with Gasteiger partial charge in [0.05, 0.1) is 26.9 Å². The molecule has 0 spiro atoms. The van der Waals surface area contributed by atoms with Gasteiger partial charge in [0.1, 0.15) is 5.84 Å². The van der Waals surface area contributed by atoms with E-state index in [9.17, 15) is 4.21 Å². The fourth-order valence-electron chi connectivity index (χ4n) is 3.60. The van der Waals surface area contributed by atoms with Crippen LogP contribution in [-0.2, 0) is 9.71 Å². The summed E-state index contributed by atoms with van der Waals surface area (Å²) in [5.41, 5.74) is 4.43. The largest absolute Gasteiger partial charge is 0.250 e. The van der Waals surface area contributed by atoms with Crippen molar-refractivity contribution < 1.29 is 4.21 Å². The van der Waals surface area contributed by atoms with Crippen LogP contribution in [-0.4, -0.2) is 33.2 Å². The highest BCUT2D eigenvalue weighted by atomic mass is 35.5. The molecule has 0 aliphatic carbocycles. The van der Waals surface area contributed by atoms with Crippen LogP contribution in [0.4, 0.5) is 0 Å². The molecule has 0 radical (unpaired) electrons. The maximum Gasteiger partial charge on any atom is 0.132 e. The van der Waals surface area contributed by atoms with E-state index in [-0.39, 0.29) is 5.92 Å². The van der Waals surface area contributed by atoms with E-state index < -0.39 is 9.71 Å². The average Bonchev–Trinajstić information content (AvgIpc) is 3.21. The average molecular weight is 450 g/mol. The van der Waals surface area contributed by atoms with Gasteiger partial charge in [-0.2, -0.15) is 9.50 Å².